The normalized spacial score (nSPS) is 10.8. The van der Waals surface area contributed by atoms with Crippen LogP contribution in [0.2, 0.25) is 5.15 Å². The lowest BCUT2D eigenvalue weighted by Crippen LogP contribution is -2.30. The van der Waals surface area contributed by atoms with Gasteiger partial charge < -0.3 is 9.64 Å². The number of carbonyl (C=O) groups is 1. The molecule has 0 fully saturated rings. The first-order chi connectivity index (χ1) is 12.2. The molecule has 0 saturated heterocycles. The standard InChI is InChI=1S/C17H23ClN4O2S/c1-3-21(16(23)7-11-25-10-5-9-24-2)15-13-22(20-17(15)18)14-6-4-8-19-12-14/h4,6,8,12-13H,3,5,7,9-11H2,1-2H3. The van der Waals surface area contributed by atoms with E-state index in [0.29, 0.717) is 23.8 Å². The zero-order valence-electron chi connectivity index (χ0n) is 14.5. The van der Waals surface area contributed by atoms with E-state index in [0.717, 1.165) is 30.2 Å². The number of hydrogen-bond acceptors (Lipinski definition) is 5. The maximum Gasteiger partial charge on any atom is 0.227 e. The van der Waals surface area contributed by atoms with Crippen molar-refractivity contribution in [3.8, 4) is 5.69 Å². The molecular formula is C17H23ClN4O2S. The van der Waals surface area contributed by atoms with E-state index in [9.17, 15) is 4.79 Å². The number of halogens is 1. The van der Waals surface area contributed by atoms with Gasteiger partial charge in [0.15, 0.2) is 5.15 Å². The van der Waals surface area contributed by atoms with E-state index in [-0.39, 0.29) is 5.91 Å². The second-order valence-electron chi connectivity index (χ2n) is 5.31. The number of rotatable bonds is 10. The smallest absolute Gasteiger partial charge is 0.227 e. The molecule has 2 aromatic rings. The van der Waals surface area contributed by atoms with Crippen molar-refractivity contribution in [3.05, 3.63) is 35.9 Å². The predicted octanol–water partition coefficient (Wildman–Crippen LogP) is 3.43. The number of ether oxygens (including phenoxy) is 1. The third-order valence-corrected chi connectivity index (χ3v) is 4.91. The van der Waals surface area contributed by atoms with Crippen LogP contribution >= 0.6 is 23.4 Å². The van der Waals surface area contributed by atoms with Crippen molar-refractivity contribution in [2.75, 3.05) is 36.7 Å². The fourth-order valence-electron chi connectivity index (χ4n) is 2.33. The number of methoxy groups -OCH3 is 1. The van der Waals surface area contributed by atoms with Crippen LogP contribution in [0.25, 0.3) is 5.69 Å². The van der Waals surface area contributed by atoms with Gasteiger partial charge in [-0.1, -0.05) is 11.6 Å². The molecule has 0 radical (unpaired) electrons. The molecular weight excluding hydrogens is 360 g/mol. The number of nitrogens with zero attached hydrogens (tertiary/aromatic N) is 4. The van der Waals surface area contributed by atoms with Gasteiger partial charge >= 0.3 is 0 Å². The van der Waals surface area contributed by atoms with Crippen LogP contribution in [0.1, 0.15) is 19.8 Å². The van der Waals surface area contributed by atoms with E-state index in [2.05, 4.69) is 10.1 Å². The number of pyridine rings is 1. The Hall–Kier alpha value is -1.57. The van der Waals surface area contributed by atoms with E-state index in [1.165, 1.54) is 0 Å². The molecule has 1 amide bonds. The third kappa shape index (κ3) is 5.73. The van der Waals surface area contributed by atoms with Gasteiger partial charge in [0.25, 0.3) is 0 Å². The molecule has 0 aliphatic heterocycles. The van der Waals surface area contributed by atoms with Crippen LogP contribution in [-0.2, 0) is 9.53 Å². The van der Waals surface area contributed by atoms with E-state index < -0.39 is 0 Å². The quantitative estimate of drug-likeness (QED) is 0.589. The molecule has 2 rings (SSSR count). The molecule has 0 aliphatic carbocycles. The number of hydrogen-bond donors (Lipinski definition) is 0. The largest absolute Gasteiger partial charge is 0.385 e. The Morgan fingerprint density at radius 1 is 1.44 bits per heavy atom. The van der Waals surface area contributed by atoms with Crippen LogP contribution in [0.5, 0.6) is 0 Å². The summed E-state index contributed by atoms with van der Waals surface area (Å²) in [7, 11) is 1.70. The van der Waals surface area contributed by atoms with Crippen molar-refractivity contribution in [1.29, 1.82) is 0 Å². The Morgan fingerprint density at radius 3 is 2.96 bits per heavy atom. The summed E-state index contributed by atoms with van der Waals surface area (Å²) >= 11 is 8.03. The lowest BCUT2D eigenvalue weighted by atomic mass is 10.3. The monoisotopic (exact) mass is 382 g/mol. The van der Waals surface area contributed by atoms with Gasteiger partial charge in [0.1, 0.15) is 5.69 Å². The molecule has 0 bridgehead atoms. The minimum absolute atomic E-state index is 0.0504. The lowest BCUT2D eigenvalue weighted by molar-refractivity contribution is -0.118. The number of thioether (sulfide) groups is 1. The molecule has 8 heteroatoms. The molecule has 0 N–H and O–H groups in total. The fourth-order valence-corrected chi connectivity index (χ4v) is 3.41. The van der Waals surface area contributed by atoms with Crippen molar-refractivity contribution in [2.24, 2.45) is 0 Å². The highest BCUT2D eigenvalue weighted by molar-refractivity contribution is 7.99. The van der Waals surface area contributed by atoms with Crippen LogP contribution in [0.3, 0.4) is 0 Å². The predicted molar refractivity (Wildman–Crippen MR) is 103 cm³/mol. The topological polar surface area (TPSA) is 60.2 Å². The fraction of sp³-hybridized carbons (Fsp3) is 0.471. The number of aromatic nitrogens is 3. The first-order valence-electron chi connectivity index (χ1n) is 8.20. The number of carbonyl (C=O) groups excluding carboxylic acids is 1. The minimum atomic E-state index is 0.0504. The van der Waals surface area contributed by atoms with Gasteiger partial charge in [0, 0.05) is 38.6 Å². The Morgan fingerprint density at radius 2 is 2.28 bits per heavy atom. The Kier molecular flexibility index (Phi) is 8.24. The van der Waals surface area contributed by atoms with Crippen LogP contribution in [-0.4, -0.2) is 52.4 Å². The second-order valence-corrected chi connectivity index (χ2v) is 6.89. The van der Waals surface area contributed by atoms with E-state index in [4.69, 9.17) is 16.3 Å². The summed E-state index contributed by atoms with van der Waals surface area (Å²) in [5.41, 5.74) is 1.43. The summed E-state index contributed by atoms with van der Waals surface area (Å²) in [5.74, 6) is 1.83. The van der Waals surface area contributed by atoms with Gasteiger partial charge in [0.05, 0.1) is 18.1 Å². The molecule has 0 atom stereocenters. The number of anilines is 1. The van der Waals surface area contributed by atoms with Crippen LogP contribution < -0.4 is 4.90 Å². The van der Waals surface area contributed by atoms with E-state index in [1.54, 1.807) is 47.0 Å². The Labute approximate surface area is 157 Å². The van der Waals surface area contributed by atoms with Gasteiger partial charge in [-0.3, -0.25) is 9.78 Å². The van der Waals surface area contributed by atoms with Gasteiger partial charge in [0.2, 0.25) is 5.91 Å². The molecule has 25 heavy (non-hydrogen) atoms. The molecule has 0 spiro atoms. The summed E-state index contributed by atoms with van der Waals surface area (Å²) in [5, 5.41) is 4.60. The molecule has 2 aromatic heterocycles. The molecule has 0 aliphatic rings. The first kappa shape index (κ1) is 19.8. The van der Waals surface area contributed by atoms with Crippen molar-refractivity contribution >= 4 is 35.0 Å². The van der Waals surface area contributed by atoms with Crippen LogP contribution in [0, 0.1) is 0 Å². The highest BCUT2D eigenvalue weighted by atomic mass is 35.5. The van der Waals surface area contributed by atoms with Gasteiger partial charge in [-0.25, -0.2) is 4.68 Å². The average molecular weight is 383 g/mol. The summed E-state index contributed by atoms with van der Waals surface area (Å²) in [6, 6.07) is 3.71. The second kappa shape index (κ2) is 10.4. The average Bonchev–Trinajstić information content (AvgIpc) is 3.01. The van der Waals surface area contributed by atoms with Crippen molar-refractivity contribution < 1.29 is 9.53 Å². The minimum Gasteiger partial charge on any atom is -0.385 e. The van der Waals surface area contributed by atoms with Gasteiger partial charge in [-0.05, 0) is 31.2 Å². The van der Waals surface area contributed by atoms with Crippen LogP contribution in [0.15, 0.2) is 30.7 Å². The molecule has 0 aromatic carbocycles. The maximum atomic E-state index is 12.5. The Balaban J connectivity index is 1.98. The van der Waals surface area contributed by atoms with Crippen molar-refractivity contribution in [2.45, 2.75) is 19.8 Å². The van der Waals surface area contributed by atoms with Gasteiger partial charge in [-0.2, -0.15) is 16.9 Å². The summed E-state index contributed by atoms with van der Waals surface area (Å²) in [6.07, 6.45) is 6.63. The van der Waals surface area contributed by atoms with E-state index >= 15 is 0 Å². The number of amides is 1. The zero-order chi connectivity index (χ0) is 18.1. The third-order valence-electron chi connectivity index (χ3n) is 3.57. The van der Waals surface area contributed by atoms with E-state index in [1.807, 2.05) is 19.1 Å². The van der Waals surface area contributed by atoms with Crippen molar-refractivity contribution in [1.82, 2.24) is 14.8 Å². The molecule has 0 unspecified atom stereocenters. The molecule has 2 heterocycles. The summed E-state index contributed by atoms with van der Waals surface area (Å²) in [6.45, 7) is 3.23. The SMILES string of the molecule is CCN(C(=O)CCSCCCOC)c1cn(-c2cccnc2)nc1Cl. The highest BCUT2D eigenvalue weighted by Crippen LogP contribution is 2.26. The zero-order valence-corrected chi connectivity index (χ0v) is 16.1. The summed E-state index contributed by atoms with van der Waals surface area (Å²) < 4.78 is 6.66. The van der Waals surface area contributed by atoms with Crippen molar-refractivity contribution in [3.63, 3.8) is 0 Å². The summed E-state index contributed by atoms with van der Waals surface area (Å²) in [4.78, 5) is 18.3. The Bertz CT molecular complexity index is 666. The first-order valence-corrected chi connectivity index (χ1v) is 9.73. The van der Waals surface area contributed by atoms with Crippen LogP contribution in [0.4, 0.5) is 5.69 Å². The van der Waals surface area contributed by atoms with Gasteiger partial charge in [-0.15, -0.1) is 0 Å². The molecule has 136 valence electrons. The lowest BCUT2D eigenvalue weighted by Gasteiger charge is -2.19. The maximum absolute atomic E-state index is 12.5. The molecule has 6 nitrogen and oxygen atoms in total. The molecule has 0 saturated carbocycles. The highest BCUT2D eigenvalue weighted by Gasteiger charge is 2.20.